The molecule has 0 unspecified atom stereocenters. The summed E-state index contributed by atoms with van der Waals surface area (Å²) in [4.78, 5) is 50.3. The van der Waals surface area contributed by atoms with Crippen molar-refractivity contribution in [2.75, 3.05) is 18.1 Å². The molecule has 10 heteroatoms. The Bertz CT molecular complexity index is 1320. The standard InChI is InChI=1S/C23H22N4O6/c1-2-11-26-22(29)18-8-4-3-7-17(18)21(24-26)23(30)33-14-20(28)25-12-5-6-15-13-16(27(31)32)9-10-19(15)25/h3-4,7-10,13H,2,5-6,11-12,14H2,1H3. The fourth-order valence-corrected chi connectivity index (χ4v) is 3.98. The lowest BCUT2D eigenvalue weighted by atomic mass is 10.0. The Morgan fingerprint density at radius 1 is 1.18 bits per heavy atom. The number of amides is 1. The van der Waals surface area contributed by atoms with E-state index < -0.39 is 23.4 Å². The van der Waals surface area contributed by atoms with Crippen molar-refractivity contribution in [2.45, 2.75) is 32.7 Å². The van der Waals surface area contributed by atoms with Crippen molar-refractivity contribution in [3.63, 3.8) is 0 Å². The van der Waals surface area contributed by atoms with E-state index in [-0.39, 0.29) is 16.9 Å². The molecule has 0 radical (unpaired) electrons. The molecule has 1 aromatic heterocycles. The van der Waals surface area contributed by atoms with Crippen LogP contribution < -0.4 is 10.5 Å². The SMILES string of the molecule is CCCn1nc(C(=O)OCC(=O)N2CCCc3cc([N+](=O)[O-])ccc32)c2ccccc2c1=O. The van der Waals surface area contributed by atoms with Crippen molar-refractivity contribution in [3.05, 3.63) is 74.2 Å². The highest BCUT2D eigenvalue weighted by Gasteiger charge is 2.26. The lowest BCUT2D eigenvalue weighted by Crippen LogP contribution is -2.38. The van der Waals surface area contributed by atoms with E-state index in [0.717, 1.165) is 0 Å². The van der Waals surface area contributed by atoms with Crippen LogP contribution in [0.2, 0.25) is 0 Å². The van der Waals surface area contributed by atoms with Crippen molar-refractivity contribution in [2.24, 2.45) is 0 Å². The number of benzene rings is 2. The Kier molecular flexibility index (Phi) is 6.16. The molecule has 0 N–H and O–H groups in total. The smallest absolute Gasteiger partial charge is 0.359 e. The number of hydrogen-bond donors (Lipinski definition) is 0. The van der Waals surface area contributed by atoms with Crippen LogP contribution in [0.4, 0.5) is 11.4 Å². The Hall–Kier alpha value is -4.08. The zero-order valence-corrected chi connectivity index (χ0v) is 18.0. The Morgan fingerprint density at radius 2 is 1.94 bits per heavy atom. The first-order chi connectivity index (χ1) is 15.9. The molecule has 0 bridgehead atoms. The van der Waals surface area contributed by atoms with Gasteiger partial charge in [0.25, 0.3) is 17.2 Å². The van der Waals surface area contributed by atoms with E-state index in [1.807, 2.05) is 6.92 Å². The maximum Gasteiger partial charge on any atom is 0.359 e. The highest BCUT2D eigenvalue weighted by molar-refractivity contribution is 6.03. The van der Waals surface area contributed by atoms with Gasteiger partial charge >= 0.3 is 5.97 Å². The molecule has 4 rings (SSSR count). The molecular weight excluding hydrogens is 428 g/mol. The van der Waals surface area contributed by atoms with Gasteiger partial charge in [-0.1, -0.05) is 25.1 Å². The Balaban J connectivity index is 1.55. The van der Waals surface area contributed by atoms with Gasteiger partial charge < -0.3 is 9.64 Å². The molecule has 1 aliphatic rings. The summed E-state index contributed by atoms with van der Waals surface area (Å²) in [5.41, 5.74) is 0.928. The minimum absolute atomic E-state index is 0.0267. The molecule has 3 aromatic rings. The molecule has 170 valence electrons. The van der Waals surface area contributed by atoms with Crippen molar-refractivity contribution >= 4 is 34.0 Å². The van der Waals surface area contributed by atoms with Crippen LogP contribution in [0, 0.1) is 10.1 Å². The summed E-state index contributed by atoms with van der Waals surface area (Å²) >= 11 is 0. The van der Waals surface area contributed by atoms with Gasteiger partial charge in [0.15, 0.2) is 12.3 Å². The van der Waals surface area contributed by atoms with Crippen molar-refractivity contribution < 1.29 is 19.2 Å². The van der Waals surface area contributed by atoms with Crippen molar-refractivity contribution in [1.82, 2.24) is 9.78 Å². The Morgan fingerprint density at radius 3 is 2.67 bits per heavy atom. The number of non-ortho nitro benzene ring substituents is 1. The molecule has 0 saturated carbocycles. The van der Waals surface area contributed by atoms with Gasteiger partial charge in [0, 0.05) is 36.3 Å². The van der Waals surface area contributed by atoms with Gasteiger partial charge in [0.05, 0.1) is 10.3 Å². The molecule has 0 spiro atoms. The van der Waals surface area contributed by atoms with E-state index in [1.54, 1.807) is 30.3 Å². The van der Waals surface area contributed by atoms with Crippen LogP contribution in [0.25, 0.3) is 10.8 Å². The molecule has 0 fully saturated rings. The average molecular weight is 450 g/mol. The summed E-state index contributed by atoms with van der Waals surface area (Å²) in [7, 11) is 0. The number of anilines is 1. The predicted molar refractivity (Wildman–Crippen MR) is 120 cm³/mol. The van der Waals surface area contributed by atoms with Crippen LogP contribution in [0.15, 0.2) is 47.3 Å². The van der Waals surface area contributed by atoms with Gasteiger partial charge in [-0.15, -0.1) is 0 Å². The monoisotopic (exact) mass is 450 g/mol. The van der Waals surface area contributed by atoms with Crippen molar-refractivity contribution in [1.29, 1.82) is 0 Å². The largest absolute Gasteiger partial charge is 0.451 e. The zero-order chi connectivity index (χ0) is 23.5. The first-order valence-electron chi connectivity index (χ1n) is 10.7. The third-order valence-corrected chi connectivity index (χ3v) is 5.52. The fraction of sp³-hybridized carbons (Fsp3) is 0.304. The number of rotatable bonds is 6. The number of ether oxygens (including phenoxy) is 1. The van der Waals surface area contributed by atoms with E-state index in [9.17, 15) is 24.5 Å². The van der Waals surface area contributed by atoms with Gasteiger partial charge in [0.1, 0.15) is 0 Å². The second-order valence-corrected chi connectivity index (χ2v) is 7.72. The number of nitro groups is 1. The zero-order valence-electron chi connectivity index (χ0n) is 18.0. The molecule has 1 amide bonds. The van der Waals surface area contributed by atoms with Crippen LogP contribution in [-0.4, -0.2) is 39.7 Å². The first-order valence-corrected chi connectivity index (χ1v) is 10.7. The van der Waals surface area contributed by atoms with E-state index >= 15 is 0 Å². The summed E-state index contributed by atoms with van der Waals surface area (Å²) in [5.74, 6) is -1.24. The lowest BCUT2D eigenvalue weighted by Gasteiger charge is -2.29. The summed E-state index contributed by atoms with van der Waals surface area (Å²) < 4.78 is 6.52. The summed E-state index contributed by atoms with van der Waals surface area (Å²) in [6.45, 7) is 2.15. The number of nitro benzene ring substituents is 1. The molecule has 2 aromatic carbocycles. The molecule has 1 aliphatic heterocycles. The van der Waals surface area contributed by atoms with Gasteiger partial charge in [-0.2, -0.15) is 5.10 Å². The second-order valence-electron chi connectivity index (χ2n) is 7.72. The number of carbonyl (C=O) groups is 2. The number of esters is 1. The number of aromatic nitrogens is 2. The van der Waals surface area contributed by atoms with Crippen LogP contribution in [0.5, 0.6) is 0 Å². The highest BCUT2D eigenvalue weighted by atomic mass is 16.6. The van der Waals surface area contributed by atoms with E-state index in [4.69, 9.17) is 4.74 Å². The molecule has 10 nitrogen and oxygen atoms in total. The fourth-order valence-electron chi connectivity index (χ4n) is 3.98. The maximum atomic E-state index is 12.8. The number of hydrogen-bond acceptors (Lipinski definition) is 7. The number of aryl methyl sites for hydroxylation is 2. The predicted octanol–water partition coefficient (Wildman–Crippen LogP) is 2.85. The van der Waals surface area contributed by atoms with Gasteiger partial charge in [-0.05, 0) is 37.0 Å². The third kappa shape index (κ3) is 4.32. The summed E-state index contributed by atoms with van der Waals surface area (Å²) in [5, 5.41) is 15.9. The van der Waals surface area contributed by atoms with E-state index in [0.29, 0.717) is 54.4 Å². The van der Waals surface area contributed by atoms with Crippen LogP contribution in [0.3, 0.4) is 0 Å². The second kappa shape index (κ2) is 9.19. The lowest BCUT2D eigenvalue weighted by molar-refractivity contribution is -0.384. The molecule has 0 atom stereocenters. The van der Waals surface area contributed by atoms with E-state index in [1.165, 1.54) is 21.7 Å². The number of carbonyl (C=O) groups excluding carboxylic acids is 2. The summed E-state index contributed by atoms with van der Waals surface area (Å²) in [6, 6.07) is 11.0. The van der Waals surface area contributed by atoms with Gasteiger partial charge in [0.2, 0.25) is 0 Å². The molecule has 0 saturated heterocycles. The van der Waals surface area contributed by atoms with Crippen molar-refractivity contribution in [3.8, 4) is 0 Å². The number of nitrogens with zero attached hydrogens (tertiary/aromatic N) is 4. The quantitative estimate of drug-likeness (QED) is 0.321. The minimum Gasteiger partial charge on any atom is -0.451 e. The Labute approximate surface area is 188 Å². The van der Waals surface area contributed by atoms with Crippen LogP contribution >= 0.6 is 0 Å². The van der Waals surface area contributed by atoms with Gasteiger partial charge in [-0.3, -0.25) is 19.7 Å². The summed E-state index contributed by atoms with van der Waals surface area (Å²) in [6.07, 6.45) is 1.92. The molecule has 33 heavy (non-hydrogen) atoms. The minimum atomic E-state index is -0.801. The van der Waals surface area contributed by atoms with Crippen LogP contribution in [0.1, 0.15) is 35.8 Å². The number of fused-ring (bicyclic) bond motifs is 2. The van der Waals surface area contributed by atoms with E-state index in [2.05, 4.69) is 5.10 Å². The first kappa shape index (κ1) is 22.1. The molecule has 0 aliphatic carbocycles. The van der Waals surface area contributed by atoms with Gasteiger partial charge in [-0.25, -0.2) is 9.48 Å². The van der Waals surface area contributed by atoms with Crippen LogP contribution in [-0.2, 0) is 22.5 Å². The average Bonchev–Trinajstić information content (AvgIpc) is 2.83. The molecular formula is C23H22N4O6. The highest BCUT2D eigenvalue weighted by Crippen LogP contribution is 2.30. The maximum absolute atomic E-state index is 12.8. The third-order valence-electron chi connectivity index (χ3n) is 5.52. The molecule has 2 heterocycles. The normalized spacial score (nSPS) is 12.9. The topological polar surface area (TPSA) is 125 Å².